The maximum Gasteiger partial charge on any atom is 0.332 e. The minimum absolute atomic E-state index is 0.305. The summed E-state index contributed by atoms with van der Waals surface area (Å²) in [6.45, 7) is 0. The van der Waals surface area contributed by atoms with Gasteiger partial charge in [-0.2, -0.15) is 0 Å². The highest BCUT2D eigenvalue weighted by atomic mass is 32.1. The van der Waals surface area contributed by atoms with Crippen molar-refractivity contribution in [2.24, 2.45) is 0 Å². The Hall–Kier alpha value is -2.49. The fourth-order valence-electron chi connectivity index (χ4n) is 1.51. The lowest BCUT2D eigenvalue weighted by molar-refractivity contribution is -0.141. The zero-order valence-electron chi connectivity index (χ0n) is 9.84. The third-order valence-corrected chi connectivity index (χ3v) is 3.51. The standard InChI is InChI=1S/C11H9N3O5S/c15-9(13-18)8-3-5-1-2-6(4-7(5)20-8)12-10(16)11(17)14-19/h1-4,18-19H,(H,12,16)(H,13,15)(H,14,17). The zero-order chi connectivity index (χ0) is 14.7. The summed E-state index contributed by atoms with van der Waals surface area (Å²) < 4.78 is 0.686. The predicted molar refractivity (Wildman–Crippen MR) is 69.6 cm³/mol. The van der Waals surface area contributed by atoms with Crippen molar-refractivity contribution in [1.82, 2.24) is 11.0 Å². The van der Waals surface area contributed by atoms with E-state index in [0.29, 0.717) is 15.3 Å². The largest absolute Gasteiger partial charge is 0.332 e. The molecular weight excluding hydrogens is 286 g/mol. The molecule has 0 bridgehead atoms. The van der Waals surface area contributed by atoms with Crippen molar-refractivity contribution >= 4 is 44.8 Å². The molecule has 2 rings (SSSR count). The second-order valence-corrected chi connectivity index (χ2v) is 4.78. The van der Waals surface area contributed by atoms with Gasteiger partial charge in [0, 0.05) is 10.4 Å². The average molecular weight is 295 g/mol. The van der Waals surface area contributed by atoms with Crippen LogP contribution in [0.3, 0.4) is 0 Å². The van der Waals surface area contributed by atoms with Gasteiger partial charge >= 0.3 is 11.8 Å². The molecule has 0 atom stereocenters. The fraction of sp³-hybridized carbons (Fsp3) is 0. The smallest absolute Gasteiger partial charge is 0.318 e. The Kier molecular flexibility index (Phi) is 3.94. The Balaban J connectivity index is 2.27. The van der Waals surface area contributed by atoms with E-state index in [9.17, 15) is 14.4 Å². The van der Waals surface area contributed by atoms with Crippen LogP contribution in [-0.4, -0.2) is 28.1 Å². The van der Waals surface area contributed by atoms with Gasteiger partial charge in [0.2, 0.25) is 0 Å². The lowest BCUT2D eigenvalue weighted by Crippen LogP contribution is -2.33. The number of hydrogen-bond donors (Lipinski definition) is 5. The summed E-state index contributed by atoms with van der Waals surface area (Å²) in [4.78, 5) is 33.7. The van der Waals surface area contributed by atoms with E-state index in [4.69, 9.17) is 10.4 Å². The Morgan fingerprint density at radius 3 is 2.40 bits per heavy atom. The number of carbonyl (C=O) groups is 3. The van der Waals surface area contributed by atoms with Crippen molar-refractivity contribution in [3.05, 3.63) is 29.1 Å². The minimum atomic E-state index is -1.18. The van der Waals surface area contributed by atoms with E-state index in [2.05, 4.69) is 5.32 Å². The number of rotatable bonds is 2. The quantitative estimate of drug-likeness (QED) is 0.312. The summed E-state index contributed by atoms with van der Waals surface area (Å²) in [6.07, 6.45) is 0. The number of anilines is 1. The SMILES string of the molecule is O=C(NO)C(=O)Nc1ccc2cc(C(=O)NO)sc2c1. The van der Waals surface area contributed by atoms with Gasteiger partial charge in [-0.05, 0) is 23.6 Å². The molecule has 0 spiro atoms. The zero-order valence-corrected chi connectivity index (χ0v) is 10.7. The molecule has 5 N–H and O–H groups in total. The number of benzene rings is 1. The van der Waals surface area contributed by atoms with Gasteiger partial charge in [0.05, 0.1) is 4.88 Å². The molecule has 0 saturated carbocycles. The van der Waals surface area contributed by atoms with Gasteiger partial charge in [-0.1, -0.05) is 6.07 Å². The molecule has 1 aromatic heterocycles. The minimum Gasteiger partial charge on any atom is -0.318 e. The van der Waals surface area contributed by atoms with E-state index in [1.54, 1.807) is 18.2 Å². The van der Waals surface area contributed by atoms with Crippen LogP contribution in [-0.2, 0) is 9.59 Å². The van der Waals surface area contributed by atoms with E-state index in [1.165, 1.54) is 17.0 Å². The number of fused-ring (bicyclic) bond motifs is 1. The normalized spacial score (nSPS) is 10.1. The second kappa shape index (κ2) is 5.65. The molecule has 1 aromatic carbocycles. The molecule has 2 aromatic rings. The van der Waals surface area contributed by atoms with Crippen LogP contribution in [0.1, 0.15) is 9.67 Å². The van der Waals surface area contributed by atoms with Crippen molar-refractivity contribution in [3.8, 4) is 0 Å². The predicted octanol–water partition coefficient (Wildman–Crippen LogP) is 0.464. The van der Waals surface area contributed by atoms with Crippen molar-refractivity contribution < 1.29 is 24.8 Å². The Bertz CT molecular complexity index is 696. The number of hydroxylamine groups is 2. The summed E-state index contributed by atoms with van der Waals surface area (Å²) in [5.74, 6) is -2.83. The first-order valence-electron chi connectivity index (χ1n) is 5.28. The van der Waals surface area contributed by atoms with Crippen molar-refractivity contribution in [1.29, 1.82) is 0 Å². The summed E-state index contributed by atoms with van der Waals surface area (Å²) in [5.41, 5.74) is 3.09. The van der Waals surface area contributed by atoms with Gasteiger partial charge in [-0.3, -0.25) is 24.8 Å². The molecular formula is C11H9N3O5S. The van der Waals surface area contributed by atoms with Gasteiger partial charge in [-0.25, -0.2) is 11.0 Å². The maximum absolute atomic E-state index is 11.3. The second-order valence-electron chi connectivity index (χ2n) is 3.70. The van der Waals surface area contributed by atoms with Crippen LogP contribution in [0.15, 0.2) is 24.3 Å². The highest BCUT2D eigenvalue weighted by Gasteiger charge is 2.14. The number of carbonyl (C=O) groups excluding carboxylic acids is 3. The first-order valence-corrected chi connectivity index (χ1v) is 6.10. The molecule has 0 fully saturated rings. The molecule has 0 aliphatic carbocycles. The summed E-state index contributed by atoms with van der Waals surface area (Å²) in [5, 5.41) is 19.9. The summed E-state index contributed by atoms with van der Waals surface area (Å²) in [6, 6.07) is 6.33. The Morgan fingerprint density at radius 1 is 1.00 bits per heavy atom. The first kappa shape index (κ1) is 13.9. The Labute approximate surface area is 115 Å². The number of hydrogen-bond acceptors (Lipinski definition) is 6. The summed E-state index contributed by atoms with van der Waals surface area (Å²) in [7, 11) is 0. The van der Waals surface area contributed by atoms with E-state index in [1.807, 2.05) is 0 Å². The van der Waals surface area contributed by atoms with Gasteiger partial charge in [0.25, 0.3) is 5.91 Å². The van der Waals surface area contributed by atoms with Crippen LogP contribution in [0.25, 0.3) is 10.1 Å². The van der Waals surface area contributed by atoms with E-state index >= 15 is 0 Å². The third-order valence-electron chi connectivity index (χ3n) is 2.41. The van der Waals surface area contributed by atoms with Gasteiger partial charge in [-0.15, -0.1) is 11.3 Å². The van der Waals surface area contributed by atoms with Gasteiger partial charge in [0.1, 0.15) is 0 Å². The molecule has 104 valence electrons. The average Bonchev–Trinajstić information content (AvgIpc) is 2.88. The Morgan fingerprint density at radius 2 is 1.75 bits per heavy atom. The topological polar surface area (TPSA) is 128 Å². The number of thiophene rings is 1. The molecule has 8 nitrogen and oxygen atoms in total. The molecule has 3 amide bonds. The van der Waals surface area contributed by atoms with Gasteiger partial charge < -0.3 is 5.32 Å². The highest BCUT2D eigenvalue weighted by Crippen LogP contribution is 2.28. The van der Waals surface area contributed by atoms with E-state index in [-0.39, 0.29) is 0 Å². The van der Waals surface area contributed by atoms with E-state index < -0.39 is 17.7 Å². The van der Waals surface area contributed by atoms with Crippen LogP contribution in [0.2, 0.25) is 0 Å². The number of amides is 3. The van der Waals surface area contributed by atoms with Crippen LogP contribution in [0, 0.1) is 0 Å². The molecule has 9 heteroatoms. The highest BCUT2D eigenvalue weighted by molar-refractivity contribution is 7.20. The monoisotopic (exact) mass is 295 g/mol. The lowest BCUT2D eigenvalue weighted by atomic mass is 10.2. The number of nitrogens with one attached hydrogen (secondary N) is 3. The van der Waals surface area contributed by atoms with Gasteiger partial charge in [0.15, 0.2) is 0 Å². The molecule has 0 aliphatic heterocycles. The fourth-order valence-corrected chi connectivity index (χ4v) is 2.51. The van der Waals surface area contributed by atoms with Crippen LogP contribution in [0.4, 0.5) is 5.69 Å². The van der Waals surface area contributed by atoms with Crippen LogP contribution in [0.5, 0.6) is 0 Å². The molecule has 0 aliphatic rings. The van der Waals surface area contributed by atoms with Crippen molar-refractivity contribution in [2.45, 2.75) is 0 Å². The van der Waals surface area contributed by atoms with Crippen LogP contribution >= 0.6 is 11.3 Å². The molecule has 0 radical (unpaired) electrons. The molecule has 0 saturated heterocycles. The lowest BCUT2D eigenvalue weighted by Gasteiger charge is -2.03. The first-order chi connectivity index (χ1) is 9.55. The molecule has 0 unspecified atom stereocenters. The molecule has 20 heavy (non-hydrogen) atoms. The third kappa shape index (κ3) is 2.74. The summed E-state index contributed by atoms with van der Waals surface area (Å²) >= 11 is 1.11. The van der Waals surface area contributed by atoms with Crippen molar-refractivity contribution in [3.63, 3.8) is 0 Å². The van der Waals surface area contributed by atoms with E-state index in [0.717, 1.165) is 16.7 Å². The molecule has 1 heterocycles. The van der Waals surface area contributed by atoms with Crippen molar-refractivity contribution in [2.75, 3.05) is 5.32 Å². The van der Waals surface area contributed by atoms with Crippen LogP contribution < -0.4 is 16.3 Å². The maximum atomic E-state index is 11.3.